The molecule has 1 aromatic rings. The predicted octanol–water partition coefficient (Wildman–Crippen LogP) is 2.19. The van der Waals surface area contributed by atoms with Crippen LogP contribution < -0.4 is 5.32 Å². The number of benzene rings is 1. The van der Waals surface area contributed by atoms with E-state index in [4.69, 9.17) is 9.84 Å². The van der Waals surface area contributed by atoms with Gasteiger partial charge in [-0.05, 0) is 17.5 Å². The molecule has 1 aliphatic heterocycles. The van der Waals surface area contributed by atoms with Gasteiger partial charge in [-0.1, -0.05) is 19.9 Å². The maximum absolute atomic E-state index is 12.0. The molecule has 6 heteroatoms. The normalized spacial score (nSPS) is 13.5. The summed E-state index contributed by atoms with van der Waals surface area (Å²) in [5.41, 5.74) is 1.12. The maximum atomic E-state index is 12.0. The van der Waals surface area contributed by atoms with Gasteiger partial charge in [-0.25, -0.2) is 4.79 Å². The molecule has 2 N–H and O–H groups in total. The summed E-state index contributed by atoms with van der Waals surface area (Å²) in [5, 5.41) is 11.5. The van der Waals surface area contributed by atoms with Crippen LogP contribution in [0, 0.1) is 5.41 Å². The minimum Gasteiger partial charge on any atom is -0.481 e. The number of rotatable bonds is 5. The van der Waals surface area contributed by atoms with Gasteiger partial charge in [-0.15, -0.1) is 0 Å². The highest BCUT2D eigenvalue weighted by atomic mass is 16.5. The Morgan fingerprint density at radius 3 is 2.71 bits per heavy atom. The maximum Gasteiger partial charge on any atom is 0.338 e. The van der Waals surface area contributed by atoms with Crippen LogP contribution >= 0.6 is 0 Å². The summed E-state index contributed by atoms with van der Waals surface area (Å²) in [7, 11) is 0. The first-order valence-corrected chi connectivity index (χ1v) is 6.58. The molecule has 1 amide bonds. The molecule has 0 bridgehead atoms. The van der Waals surface area contributed by atoms with Gasteiger partial charge in [0, 0.05) is 17.7 Å². The molecule has 0 saturated carbocycles. The molecule has 6 nitrogen and oxygen atoms in total. The molecular formula is C15H17NO5. The second-order valence-electron chi connectivity index (χ2n) is 5.91. The van der Waals surface area contributed by atoms with Gasteiger partial charge in [-0.3, -0.25) is 9.59 Å². The first-order valence-electron chi connectivity index (χ1n) is 6.58. The Morgan fingerprint density at radius 1 is 1.33 bits per heavy atom. The Bertz CT molecular complexity index is 606. The molecule has 112 valence electrons. The van der Waals surface area contributed by atoms with Gasteiger partial charge in [0.15, 0.2) is 0 Å². The molecule has 0 fully saturated rings. The van der Waals surface area contributed by atoms with E-state index in [-0.39, 0.29) is 25.4 Å². The second-order valence-corrected chi connectivity index (χ2v) is 5.91. The molecule has 0 unspecified atom stereocenters. The third-order valence-corrected chi connectivity index (χ3v) is 3.24. The quantitative estimate of drug-likeness (QED) is 0.811. The lowest BCUT2D eigenvalue weighted by Crippen LogP contribution is -2.24. The van der Waals surface area contributed by atoms with E-state index in [9.17, 15) is 14.4 Å². The number of hydrogen-bond acceptors (Lipinski definition) is 4. The van der Waals surface area contributed by atoms with E-state index in [1.54, 1.807) is 32.0 Å². The van der Waals surface area contributed by atoms with Crippen molar-refractivity contribution in [1.82, 2.24) is 0 Å². The van der Waals surface area contributed by atoms with Crippen molar-refractivity contribution in [3.63, 3.8) is 0 Å². The Hall–Kier alpha value is -2.37. The van der Waals surface area contributed by atoms with Gasteiger partial charge in [0.1, 0.15) is 6.61 Å². The number of anilines is 1. The number of amides is 1. The number of carboxylic acids is 1. The first-order chi connectivity index (χ1) is 9.77. The average Bonchev–Trinajstić information content (AvgIpc) is 2.68. The van der Waals surface area contributed by atoms with E-state index in [1.165, 1.54) is 0 Å². The number of esters is 1. The van der Waals surface area contributed by atoms with Gasteiger partial charge in [0.05, 0.1) is 12.0 Å². The summed E-state index contributed by atoms with van der Waals surface area (Å²) < 4.78 is 4.89. The van der Waals surface area contributed by atoms with E-state index in [2.05, 4.69) is 5.32 Å². The van der Waals surface area contributed by atoms with Crippen LogP contribution in [-0.2, 0) is 20.9 Å². The summed E-state index contributed by atoms with van der Waals surface area (Å²) in [4.78, 5) is 34.2. The predicted molar refractivity (Wildman–Crippen MR) is 74.8 cm³/mol. The third-order valence-electron chi connectivity index (χ3n) is 3.24. The smallest absolute Gasteiger partial charge is 0.338 e. The summed E-state index contributed by atoms with van der Waals surface area (Å²) in [6.45, 7) is 3.70. The van der Waals surface area contributed by atoms with E-state index >= 15 is 0 Å². The molecule has 21 heavy (non-hydrogen) atoms. The van der Waals surface area contributed by atoms with Crippen LogP contribution in [-0.4, -0.2) is 23.0 Å². The SMILES string of the molecule is CC(C)(CC(=O)O)CC(=O)Nc1ccc2c(c1)C(=O)OC2. The number of carbonyl (C=O) groups is 3. The van der Waals surface area contributed by atoms with Crippen molar-refractivity contribution in [2.24, 2.45) is 5.41 Å². The highest BCUT2D eigenvalue weighted by Crippen LogP contribution is 2.27. The minimum atomic E-state index is -0.937. The molecule has 1 aromatic carbocycles. The number of aliphatic carboxylic acids is 1. The van der Waals surface area contributed by atoms with Gasteiger partial charge in [-0.2, -0.15) is 0 Å². The zero-order valence-electron chi connectivity index (χ0n) is 11.9. The molecule has 1 aliphatic rings. The van der Waals surface area contributed by atoms with Crippen LogP contribution in [0.4, 0.5) is 5.69 Å². The topological polar surface area (TPSA) is 92.7 Å². The summed E-state index contributed by atoms with van der Waals surface area (Å²) >= 11 is 0. The Kier molecular flexibility index (Phi) is 3.97. The lowest BCUT2D eigenvalue weighted by molar-refractivity contribution is -0.139. The van der Waals surface area contributed by atoms with E-state index in [0.29, 0.717) is 11.3 Å². The van der Waals surface area contributed by atoms with Crippen LogP contribution in [0.15, 0.2) is 18.2 Å². The lowest BCUT2D eigenvalue weighted by Gasteiger charge is -2.21. The molecular weight excluding hydrogens is 274 g/mol. The fourth-order valence-electron chi connectivity index (χ4n) is 2.30. The Morgan fingerprint density at radius 2 is 2.05 bits per heavy atom. The zero-order valence-corrected chi connectivity index (χ0v) is 11.9. The van der Waals surface area contributed by atoms with Crippen LogP contribution in [0.5, 0.6) is 0 Å². The number of hydrogen-bond donors (Lipinski definition) is 2. The van der Waals surface area contributed by atoms with E-state index in [1.807, 2.05) is 0 Å². The summed E-state index contributed by atoms with van der Waals surface area (Å²) in [5.74, 6) is -1.62. The minimum absolute atomic E-state index is 0.0842. The van der Waals surface area contributed by atoms with Gasteiger partial charge in [0.2, 0.25) is 5.91 Å². The van der Waals surface area contributed by atoms with Crippen molar-refractivity contribution < 1.29 is 24.2 Å². The summed E-state index contributed by atoms with van der Waals surface area (Å²) in [6, 6.07) is 5.01. The van der Waals surface area contributed by atoms with Crippen LogP contribution in [0.3, 0.4) is 0 Å². The van der Waals surface area contributed by atoms with Crippen molar-refractivity contribution in [1.29, 1.82) is 0 Å². The lowest BCUT2D eigenvalue weighted by atomic mass is 9.85. The van der Waals surface area contributed by atoms with Crippen molar-refractivity contribution in [2.75, 3.05) is 5.32 Å². The largest absolute Gasteiger partial charge is 0.481 e. The van der Waals surface area contributed by atoms with Crippen LogP contribution in [0.2, 0.25) is 0 Å². The monoisotopic (exact) mass is 291 g/mol. The van der Waals surface area contributed by atoms with Gasteiger partial charge >= 0.3 is 11.9 Å². The van der Waals surface area contributed by atoms with Gasteiger partial charge in [0.25, 0.3) is 0 Å². The fourth-order valence-corrected chi connectivity index (χ4v) is 2.30. The van der Waals surface area contributed by atoms with Crippen LogP contribution in [0.25, 0.3) is 0 Å². The fraction of sp³-hybridized carbons (Fsp3) is 0.400. The number of carbonyl (C=O) groups excluding carboxylic acids is 2. The Balaban J connectivity index is 2.02. The molecule has 0 atom stereocenters. The third kappa shape index (κ3) is 3.81. The standard InChI is InChI=1S/C15H17NO5/c1-15(2,7-13(18)19)6-12(17)16-10-4-3-9-8-21-14(20)11(9)5-10/h3-5H,6-8H2,1-2H3,(H,16,17)(H,18,19). The van der Waals surface area contributed by atoms with E-state index < -0.39 is 17.4 Å². The number of fused-ring (bicyclic) bond motifs is 1. The molecule has 1 heterocycles. The summed E-state index contributed by atoms with van der Waals surface area (Å²) in [6.07, 6.45) is -0.00222. The number of ether oxygens (including phenoxy) is 1. The molecule has 0 saturated heterocycles. The molecule has 2 rings (SSSR count). The molecule has 0 radical (unpaired) electrons. The van der Waals surface area contributed by atoms with Crippen molar-refractivity contribution >= 4 is 23.5 Å². The van der Waals surface area contributed by atoms with Crippen LogP contribution in [0.1, 0.15) is 42.6 Å². The second kappa shape index (κ2) is 5.55. The van der Waals surface area contributed by atoms with E-state index in [0.717, 1.165) is 5.56 Å². The Labute approximate surface area is 122 Å². The zero-order chi connectivity index (χ0) is 15.6. The number of nitrogens with one attached hydrogen (secondary N) is 1. The van der Waals surface area contributed by atoms with Crippen molar-refractivity contribution in [2.45, 2.75) is 33.3 Å². The molecule has 0 aliphatic carbocycles. The van der Waals surface area contributed by atoms with Crippen molar-refractivity contribution in [3.05, 3.63) is 29.3 Å². The van der Waals surface area contributed by atoms with Gasteiger partial charge < -0.3 is 15.2 Å². The first kappa shape index (κ1) is 15.0. The molecule has 0 spiro atoms. The molecule has 0 aromatic heterocycles. The highest BCUT2D eigenvalue weighted by Gasteiger charge is 2.26. The average molecular weight is 291 g/mol. The van der Waals surface area contributed by atoms with Crippen molar-refractivity contribution in [3.8, 4) is 0 Å². The number of cyclic esters (lactones) is 1. The number of carboxylic acid groups (broad SMARTS) is 1. The highest BCUT2D eigenvalue weighted by molar-refractivity contribution is 5.97.